The van der Waals surface area contributed by atoms with E-state index >= 15 is 0 Å². The fraction of sp³-hybridized carbons (Fsp3) is 0.103. The minimum Gasteiger partial charge on any atom is -0.348 e. The van der Waals surface area contributed by atoms with E-state index in [1.165, 1.54) is 30.0 Å². The first kappa shape index (κ1) is 27.1. The topological polar surface area (TPSA) is 72.7 Å². The van der Waals surface area contributed by atoms with E-state index in [1.54, 1.807) is 71.6 Å². The summed E-state index contributed by atoms with van der Waals surface area (Å²) in [5.41, 5.74) is 1.98. The number of halogens is 4. The molecule has 3 aromatic carbocycles. The van der Waals surface area contributed by atoms with Gasteiger partial charge in [-0.1, -0.05) is 48.2 Å². The van der Waals surface area contributed by atoms with Gasteiger partial charge in [0.05, 0.1) is 11.3 Å². The minimum atomic E-state index is -4.52. The number of alkyl halides is 3. The predicted octanol–water partition coefficient (Wildman–Crippen LogP) is 6.71. The molecule has 0 radical (unpaired) electrons. The smallest absolute Gasteiger partial charge is 0.348 e. The van der Waals surface area contributed by atoms with Gasteiger partial charge in [0.1, 0.15) is 5.82 Å². The number of hydrogen-bond acceptors (Lipinski definition) is 5. The normalized spacial score (nSPS) is 11.4. The standard InChI is InChI=1S/C29H21F4N5OS/c30-23-10-8-19(9-11-23)17-35-27(39)25-7-2-1-4-21(25)18-40-28-37-36-26(20-12-14-34-15-13-20)38(28)24-6-3-5-22(16-24)29(31,32)33/h1-16H,17-18H2,(H,35,39). The van der Waals surface area contributed by atoms with E-state index in [2.05, 4.69) is 20.5 Å². The molecule has 0 atom stereocenters. The fourth-order valence-electron chi connectivity index (χ4n) is 4.00. The molecular formula is C29H21F4N5OS. The largest absolute Gasteiger partial charge is 0.416 e. The molecule has 0 fully saturated rings. The summed E-state index contributed by atoms with van der Waals surface area (Å²) in [7, 11) is 0. The maximum absolute atomic E-state index is 13.5. The highest BCUT2D eigenvalue weighted by Gasteiger charge is 2.31. The first-order valence-electron chi connectivity index (χ1n) is 12.1. The van der Waals surface area contributed by atoms with Crippen LogP contribution in [0.2, 0.25) is 0 Å². The van der Waals surface area contributed by atoms with Crippen LogP contribution < -0.4 is 5.32 Å². The number of hydrogen-bond donors (Lipinski definition) is 1. The van der Waals surface area contributed by atoms with Gasteiger partial charge in [-0.05, 0) is 59.7 Å². The second kappa shape index (κ2) is 11.7. The lowest BCUT2D eigenvalue weighted by Crippen LogP contribution is -2.23. The van der Waals surface area contributed by atoms with E-state index in [-0.39, 0.29) is 24.0 Å². The SMILES string of the molecule is O=C(NCc1ccc(F)cc1)c1ccccc1CSc1nnc(-c2ccncc2)n1-c1cccc(C(F)(F)F)c1. The number of carbonyl (C=O) groups excluding carboxylic acids is 1. The average molecular weight is 564 g/mol. The van der Waals surface area contributed by atoms with Crippen LogP contribution in [0.5, 0.6) is 0 Å². The van der Waals surface area contributed by atoms with Gasteiger partial charge in [-0.2, -0.15) is 13.2 Å². The molecule has 11 heteroatoms. The van der Waals surface area contributed by atoms with Crippen molar-refractivity contribution in [1.29, 1.82) is 0 Å². The van der Waals surface area contributed by atoms with Crippen molar-refractivity contribution in [1.82, 2.24) is 25.1 Å². The van der Waals surface area contributed by atoms with E-state index in [9.17, 15) is 22.4 Å². The summed E-state index contributed by atoms with van der Waals surface area (Å²) in [5.74, 6) is -0.0115. The van der Waals surface area contributed by atoms with Crippen LogP contribution in [0.1, 0.15) is 27.0 Å². The van der Waals surface area contributed by atoms with Crippen molar-refractivity contribution < 1.29 is 22.4 Å². The van der Waals surface area contributed by atoms with Crippen LogP contribution in [-0.4, -0.2) is 25.7 Å². The molecule has 1 N–H and O–H groups in total. The van der Waals surface area contributed by atoms with Crippen LogP contribution in [0.3, 0.4) is 0 Å². The zero-order chi connectivity index (χ0) is 28.1. The molecule has 5 aromatic rings. The molecule has 2 aromatic heterocycles. The van der Waals surface area contributed by atoms with Crippen LogP contribution in [0.25, 0.3) is 17.1 Å². The third-order valence-electron chi connectivity index (χ3n) is 5.99. The number of thioether (sulfide) groups is 1. The zero-order valence-electron chi connectivity index (χ0n) is 20.8. The van der Waals surface area contributed by atoms with Gasteiger partial charge in [-0.25, -0.2) is 4.39 Å². The van der Waals surface area contributed by atoms with E-state index in [0.29, 0.717) is 33.4 Å². The van der Waals surface area contributed by atoms with Gasteiger partial charge in [-0.15, -0.1) is 10.2 Å². The maximum Gasteiger partial charge on any atom is 0.416 e. The van der Waals surface area contributed by atoms with E-state index in [1.807, 2.05) is 0 Å². The number of benzene rings is 3. The van der Waals surface area contributed by atoms with Gasteiger partial charge < -0.3 is 5.32 Å². The lowest BCUT2D eigenvalue weighted by Gasteiger charge is -2.14. The number of carbonyl (C=O) groups is 1. The predicted molar refractivity (Wildman–Crippen MR) is 143 cm³/mol. The molecule has 0 saturated heterocycles. The summed E-state index contributed by atoms with van der Waals surface area (Å²) < 4.78 is 55.3. The van der Waals surface area contributed by atoms with Gasteiger partial charge in [0.15, 0.2) is 11.0 Å². The Hall–Kier alpha value is -4.51. The summed E-state index contributed by atoms with van der Waals surface area (Å²) >= 11 is 1.24. The first-order valence-corrected chi connectivity index (χ1v) is 13.0. The zero-order valence-corrected chi connectivity index (χ0v) is 21.6. The molecule has 5 rings (SSSR count). The average Bonchev–Trinajstić information content (AvgIpc) is 3.40. The van der Waals surface area contributed by atoms with Crippen molar-refractivity contribution in [2.75, 3.05) is 0 Å². The molecule has 40 heavy (non-hydrogen) atoms. The summed E-state index contributed by atoms with van der Waals surface area (Å²) in [4.78, 5) is 17.0. The summed E-state index contributed by atoms with van der Waals surface area (Å²) in [6.07, 6.45) is -1.39. The molecule has 1 amide bonds. The molecule has 0 aliphatic rings. The molecule has 0 saturated carbocycles. The second-order valence-corrected chi connectivity index (χ2v) is 9.62. The molecule has 202 valence electrons. The Balaban J connectivity index is 1.42. The number of rotatable bonds is 8. The summed E-state index contributed by atoms with van der Waals surface area (Å²) in [6, 6.07) is 21.2. The highest BCUT2D eigenvalue weighted by atomic mass is 32.2. The van der Waals surface area contributed by atoms with Gasteiger partial charge in [0, 0.05) is 35.8 Å². The molecule has 0 unspecified atom stereocenters. The third kappa shape index (κ3) is 6.20. The van der Waals surface area contributed by atoms with Gasteiger partial charge in [0.2, 0.25) is 0 Å². The quantitative estimate of drug-likeness (QED) is 0.168. The van der Waals surface area contributed by atoms with Crippen LogP contribution in [-0.2, 0) is 18.5 Å². The highest BCUT2D eigenvalue weighted by molar-refractivity contribution is 7.98. The first-order chi connectivity index (χ1) is 19.3. The molecule has 0 bridgehead atoms. The van der Waals surface area contributed by atoms with Crippen molar-refractivity contribution in [2.24, 2.45) is 0 Å². The van der Waals surface area contributed by atoms with Crippen LogP contribution in [0.4, 0.5) is 17.6 Å². The van der Waals surface area contributed by atoms with Crippen LogP contribution in [0, 0.1) is 5.82 Å². The van der Waals surface area contributed by atoms with Crippen molar-refractivity contribution >= 4 is 17.7 Å². The Morgan fingerprint density at radius 1 is 0.900 bits per heavy atom. The van der Waals surface area contributed by atoms with Gasteiger partial charge in [-0.3, -0.25) is 14.3 Å². The number of pyridine rings is 1. The number of nitrogens with zero attached hydrogens (tertiary/aromatic N) is 4. The molecular weight excluding hydrogens is 542 g/mol. The molecule has 6 nitrogen and oxygen atoms in total. The van der Waals surface area contributed by atoms with Crippen molar-refractivity contribution in [3.8, 4) is 17.1 Å². The number of amides is 1. The monoisotopic (exact) mass is 563 g/mol. The Bertz CT molecular complexity index is 1620. The van der Waals surface area contributed by atoms with Crippen LogP contribution in [0.15, 0.2) is 102 Å². The lowest BCUT2D eigenvalue weighted by molar-refractivity contribution is -0.137. The summed E-state index contributed by atoms with van der Waals surface area (Å²) in [5, 5.41) is 11.7. The van der Waals surface area contributed by atoms with Gasteiger partial charge >= 0.3 is 6.18 Å². The molecule has 0 aliphatic heterocycles. The van der Waals surface area contributed by atoms with E-state index < -0.39 is 11.7 Å². The highest BCUT2D eigenvalue weighted by Crippen LogP contribution is 2.34. The second-order valence-electron chi connectivity index (χ2n) is 8.68. The number of aromatic nitrogens is 4. The maximum atomic E-state index is 13.5. The minimum absolute atomic E-state index is 0.222. The fourth-order valence-corrected chi connectivity index (χ4v) is 4.95. The van der Waals surface area contributed by atoms with Crippen molar-refractivity contribution in [3.63, 3.8) is 0 Å². The third-order valence-corrected chi connectivity index (χ3v) is 6.97. The Kier molecular flexibility index (Phi) is 7.92. The number of nitrogens with one attached hydrogen (secondary N) is 1. The lowest BCUT2D eigenvalue weighted by atomic mass is 10.1. The van der Waals surface area contributed by atoms with Crippen molar-refractivity contribution in [3.05, 3.63) is 125 Å². The van der Waals surface area contributed by atoms with E-state index in [4.69, 9.17) is 0 Å². The summed E-state index contributed by atoms with van der Waals surface area (Å²) in [6.45, 7) is 0.222. The Labute approximate surface area is 231 Å². The molecule has 2 heterocycles. The Morgan fingerprint density at radius 3 is 2.40 bits per heavy atom. The van der Waals surface area contributed by atoms with Gasteiger partial charge in [0.25, 0.3) is 5.91 Å². The molecule has 0 aliphatic carbocycles. The molecule has 0 spiro atoms. The van der Waals surface area contributed by atoms with E-state index in [0.717, 1.165) is 17.7 Å². The Morgan fingerprint density at radius 2 is 1.65 bits per heavy atom. The van der Waals surface area contributed by atoms with Crippen molar-refractivity contribution in [2.45, 2.75) is 23.6 Å². The van der Waals surface area contributed by atoms with Crippen LogP contribution >= 0.6 is 11.8 Å².